The quantitative estimate of drug-likeness (QED) is 0.556. The Labute approximate surface area is 123 Å². The number of rotatable bonds is 7. The van der Waals surface area contributed by atoms with Crippen LogP contribution >= 0.6 is 15.9 Å². The van der Waals surface area contributed by atoms with Crippen LogP contribution in [0.5, 0.6) is 0 Å². The Morgan fingerprint density at radius 3 is 2.63 bits per heavy atom. The molecule has 0 aliphatic carbocycles. The van der Waals surface area contributed by atoms with E-state index in [-0.39, 0.29) is 10.6 Å². The summed E-state index contributed by atoms with van der Waals surface area (Å²) in [5.41, 5.74) is 1.11. The first-order chi connectivity index (χ1) is 8.99. The van der Waals surface area contributed by atoms with E-state index in [0.717, 1.165) is 31.6 Å². The summed E-state index contributed by atoms with van der Waals surface area (Å²) >= 11 is 3.35. The summed E-state index contributed by atoms with van der Waals surface area (Å²) in [5.74, 6) is 0.637. The van der Waals surface area contributed by atoms with E-state index in [1.807, 2.05) is 6.07 Å². The maximum atomic E-state index is 10.9. The topological polar surface area (TPSA) is 46.4 Å². The van der Waals surface area contributed by atoms with E-state index in [0.29, 0.717) is 10.4 Å². The first-order valence-corrected chi connectivity index (χ1v) is 7.43. The monoisotopic (exact) mass is 328 g/mol. The minimum Gasteiger partial charge on any atom is -0.299 e. The number of hydrogen-bond donors (Lipinski definition) is 0. The summed E-state index contributed by atoms with van der Waals surface area (Å²) in [7, 11) is 0. The van der Waals surface area contributed by atoms with Crippen molar-refractivity contribution in [2.24, 2.45) is 5.92 Å². The number of nitro benzene ring substituents is 1. The molecule has 0 radical (unpaired) electrons. The Bertz CT molecular complexity index is 437. The molecule has 1 aromatic rings. The molecule has 0 fully saturated rings. The Morgan fingerprint density at radius 1 is 1.42 bits per heavy atom. The second kappa shape index (κ2) is 7.60. The number of nitro groups is 1. The first-order valence-electron chi connectivity index (χ1n) is 6.63. The lowest BCUT2D eigenvalue weighted by Gasteiger charge is -2.24. The zero-order valence-corrected chi connectivity index (χ0v) is 13.3. The van der Waals surface area contributed by atoms with Gasteiger partial charge in [0.1, 0.15) is 0 Å². The summed E-state index contributed by atoms with van der Waals surface area (Å²) < 4.78 is 0.600. The van der Waals surface area contributed by atoms with Crippen molar-refractivity contribution in [1.82, 2.24) is 4.90 Å². The molecule has 0 bridgehead atoms. The number of halogens is 1. The second-order valence-electron chi connectivity index (χ2n) is 4.85. The van der Waals surface area contributed by atoms with Gasteiger partial charge in [-0.05, 0) is 34.0 Å². The third-order valence-electron chi connectivity index (χ3n) is 3.36. The molecule has 0 amide bonds. The van der Waals surface area contributed by atoms with Crippen LogP contribution in [0, 0.1) is 16.0 Å². The molecule has 0 saturated heterocycles. The number of nitrogens with zero attached hydrogens (tertiary/aromatic N) is 2. The molecule has 0 spiro atoms. The van der Waals surface area contributed by atoms with Crippen molar-refractivity contribution in [3.8, 4) is 0 Å². The van der Waals surface area contributed by atoms with E-state index in [1.165, 1.54) is 6.07 Å². The van der Waals surface area contributed by atoms with Gasteiger partial charge in [-0.1, -0.05) is 39.3 Å². The zero-order valence-electron chi connectivity index (χ0n) is 11.7. The van der Waals surface area contributed by atoms with Gasteiger partial charge in [0.2, 0.25) is 0 Å². The van der Waals surface area contributed by atoms with Crippen molar-refractivity contribution >= 4 is 21.6 Å². The normalized spacial score (nSPS) is 12.7. The molecule has 1 atom stereocenters. The molecule has 1 unspecified atom stereocenters. The number of hydrogen-bond acceptors (Lipinski definition) is 3. The zero-order chi connectivity index (χ0) is 14.4. The van der Waals surface area contributed by atoms with Crippen LogP contribution < -0.4 is 0 Å². The largest absolute Gasteiger partial charge is 0.299 e. The second-order valence-corrected chi connectivity index (χ2v) is 5.64. The lowest BCUT2D eigenvalue weighted by Crippen LogP contribution is -2.28. The van der Waals surface area contributed by atoms with E-state index >= 15 is 0 Å². The van der Waals surface area contributed by atoms with Gasteiger partial charge in [-0.2, -0.15) is 0 Å². The Morgan fingerprint density at radius 2 is 2.11 bits per heavy atom. The van der Waals surface area contributed by atoms with Crippen LogP contribution in [0.1, 0.15) is 32.8 Å². The smallest absolute Gasteiger partial charge is 0.283 e. The summed E-state index contributed by atoms with van der Waals surface area (Å²) in [4.78, 5) is 12.9. The molecule has 5 heteroatoms. The molecule has 0 heterocycles. The van der Waals surface area contributed by atoms with Crippen molar-refractivity contribution < 1.29 is 4.92 Å². The molecule has 0 aliphatic heterocycles. The molecule has 4 nitrogen and oxygen atoms in total. The van der Waals surface area contributed by atoms with E-state index in [1.54, 1.807) is 6.07 Å². The average molecular weight is 329 g/mol. The van der Waals surface area contributed by atoms with E-state index < -0.39 is 0 Å². The highest BCUT2D eigenvalue weighted by Gasteiger charge is 2.17. The van der Waals surface area contributed by atoms with Gasteiger partial charge in [0.15, 0.2) is 0 Å². The molecule has 0 aromatic heterocycles. The fourth-order valence-corrected chi connectivity index (χ4v) is 2.48. The minimum absolute atomic E-state index is 0.136. The molecular weight excluding hydrogens is 308 g/mol. The minimum atomic E-state index is -0.349. The van der Waals surface area contributed by atoms with Crippen LogP contribution in [-0.2, 0) is 6.54 Å². The van der Waals surface area contributed by atoms with Gasteiger partial charge < -0.3 is 0 Å². The highest BCUT2D eigenvalue weighted by Crippen LogP contribution is 2.29. The van der Waals surface area contributed by atoms with Gasteiger partial charge in [0.05, 0.1) is 9.40 Å². The first kappa shape index (κ1) is 16.1. The van der Waals surface area contributed by atoms with Gasteiger partial charge in [-0.15, -0.1) is 0 Å². The third-order valence-corrected chi connectivity index (χ3v) is 4.28. The lowest BCUT2D eigenvalue weighted by atomic mass is 10.1. The highest BCUT2D eigenvalue weighted by molar-refractivity contribution is 9.10. The van der Waals surface area contributed by atoms with Gasteiger partial charge in [-0.3, -0.25) is 15.0 Å². The van der Waals surface area contributed by atoms with E-state index in [2.05, 4.69) is 41.6 Å². The van der Waals surface area contributed by atoms with Crippen molar-refractivity contribution in [3.63, 3.8) is 0 Å². The van der Waals surface area contributed by atoms with Crippen LogP contribution in [0.25, 0.3) is 0 Å². The fraction of sp³-hybridized carbons (Fsp3) is 0.571. The van der Waals surface area contributed by atoms with Crippen molar-refractivity contribution in [3.05, 3.63) is 38.3 Å². The summed E-state index contributed by atoms with van der Waals surface area (Å²) in [6.45, 7) is 9.23. The van der Waals surface area contributed by atoms with Crippen LogP contribution in [0.3, 0.4) is 0 Å². The predicted molar refractivity (Wildman–Crippen MR) is 81.2 cm³/mol. The fourth-order valence-electron chi connectivity index (χ4n) is 1.95. The molecule has 0 aliphatic rings. The SMILES string of the molecule is CCC(C)CN(CC)Cc1cccc([N+](=O)[O-])c1Br. The summed E-state index contributed by atoms with van der Waals surface area (Å²) in [5, 5.41) is 10.9. The molecule has 1 aromatic carbocycles. The Balaban J connectivity index is 2.85. The summed E-state index contributed by atoms with van der Waals surface area (Å²) in [6.07, 6.45) is 1.15. The van der Waals surface area contributed by atoms with Crippen LogP contribution in [0.15, 0.2) is 22.7 Å². The standard InChI is InChI=1S/C14H21BrN2O2/c1-4-11(3)9-16(5-2)10-12-7-6-8-13(14(12)15)17(18)19/h6-8,11H,4-5,9-10H2,1-3H3. The Hall–Kier alpha value is -0.940. The van der Waals surface area contributed by atoms with Gasteiger partial charge in [0.25, 0.3) is 5.69 Å². The maximum absolute atomic E-state index is 10.9. The molecule has 106 valence electrons. The maximum Gasteiger partial charge on any atom is 0.283 e. The molecular formula is C14H21BrN2O2. The van der Waals surface area contributed by atoms with Gasteiger partial charge in [-0.25, -0.2) is 0 Å². The van der Waals surface area contributed by atoms with Crippen LogP contribution in [0.2, 0.25) is 0 Å². The summed E-state index contributed by atoms with van der Waals surface area (Å²) in [6, 6.07) is 5.21. The van der Waals surface area contributed by atoms with Crippen LogP contribution in [0.4, 0.5) is 5.69 Å². The third kappa shape index (κ3) is 4.58. The molecule has 0 N–H and O–H groups in total. The predicted octanol–water partition coefficient (Wildman–Crippen LogP) is 4.23. The molecule has 0 saturated carbocycles. The number of benzene rings is 1. The highest BCUT2D eigenvalue weighted by atomic mass is 79.9. The average Bonchev–Trinajstić information content (AvgIpc) is 2.39. The molecule has 1 rings (SSSR count). The van der Waals surface area contributed by atoms with Crippen molar-refractivity contribution in [1.29, 1.82) is 0 Å². The van der Waals surface area contributed by atoms with Gasteiger partial charge >= 0.3 is 0 Å². The Kier molecular flexibility index (Phi) is 6.45. The van der Waals surface area contributed by atoms with Crippen molar-refractivity contribution in [2.45, 2.75) is 33.7 Å². The molecule has 19 heavy (non-hydrogen) atoms. The lowest BCUT2D eigenvalue weighted by molar-refractivity contribution is -0.385. The van der Waals surface area contributed by atoms with E-state index in [4.69, 9.17) is 0 Å². The van der Waals surface area contributed by atoms with Crippen molar-refractivity contribution in [2.75, 3.05) is 13.1 Å². The van der Waals surface area contributed by atoms with Gasteiger partial charge in [0, 0.05) is 19.2 Å². The van der Waals surface area contributed by atoms with E-state index in [9.17, 15) is 10.1 Å². The van der Waals surface area contributed by atoms with Crippen LogP contribution in [-0.4, -0.2) is 22.9 Å².